The van der Waals surface area contributed by atoms with E-state index in [1.165, 1.54) is 12.4 Å². The van der Waals surface area contributed by atoms with E-state index in [2.05, 4.69) is 22.1 Å². The monoisotopic (exact) mass is 386 g/mol. The summed E-state index contributed by atoms with van der Waals surface area (Å²) >= 11 is 5.86. The van der Waals surface area contributed by atoms with Crippen LogP contribution < -0.4 is 5.32 Å². The van der Waals surface area contributed by atoms with Gasteiger partial charge in [-0.2, -0.15) is 0 Å². The molecule has 1 N–H and O–H groups in total. The van der Waals surface area contributed by atoms with Gasteiger partial charge in [-0.25, -0.2) is 0 Å². The minimum Gasteiger partial charge on any atom is -0.348 e. The zero-order valence-corrected chi connectivity index (χ0v) is 16.1. The first-order chi connectivity index (χ1) is 13.1. The second-order valence-corrected chi connectivity index (χ2v) is 6.93. The minimum atomic E-state index is -0.261. The van der Waals surface area contributed by atoms with E-state index in [4.69, 9.17) is 11.6 Å². The fourth-order valence-electron chi connectivity index (χ4n) is 3.02. The van der Waals surface area contributed by atoms with Crippen LogP contribution in [0, 0.1) is 0 Å². The summed E-state index contributed by atoms with van der Waals surface area (Å²) in [5.41, 5.74) is 1.77. The van der Waals surface area contributed by atoms with Crippen LogP contribution >= 0.6 is 11.6 Å². The molecule has 0 aliphatic carbocycles. The van der Waals surface area contributed by atoms with Gasteiger partial charge >= 0.3 is 0 Å². The van der Waals surface area contributed by atoms with Crippen LogP contribution in [0.1, 0.15) is 33.2 Å². The topological polar surface area (TPSA) is 65.5 Å². The standard InChI is InChI=1S/C20H23ClN4O2/c1-2-24-7-9-25(10-8-24)20(27)17-11-16(13-22-14-17)19(26)23-12-15-3-5-18(21)6-4-15/h3-6,11,13-14H,2,7-10,12H2,1H3,(H,23,26). The molecule has 142 valence electrons. The van der Waals surface area contributed by atoms with Gasteiger partial charge in [0.15, 0.2) is 0 Å². The molecule has 0 radical (unpaired) electrons. The van der Waals surface area contributed by atoms with Crippen LogP contribution in [0.5, 0.6) is 0 Å². The van der Waals surface area contributed by atoms with Crippen LogP contribution in [-0.2, 0) is 6.54 Å². The number of amides is 2. The summed E-state index contributed by atoms with van der Waals surface area (Å²) in [7, 11) is 0. The van der Waals surface area contributed by atoms with Gasteiger partial charge in [0.2, 0.25) is 0 Å². The van der Waals surface area contributed by atoms with Crippen LogP contribution in [0.15, 0.2) is 42.7 Å². The molecule has 0 unspecified atom stereocenters. The Kier molecular flexibility index (Phi) is 6.42. The van der Waals surface area contributed by atoms with Crippen molar-refractivity contribution in [2.45, 2.75) is 13.5 Å². The SMILES string of the molecule is CCN1CCN(C(=O)c2cncc(C(=O)NCc3ccc(Cl)cc3)c2)CC1. The van der Waals surface area contributed by atoms with Crippen LogP contribution in [0.3, 0.4) is 0 Å². The zero-order valence-electron chi connectivity index (χ0n) is 15.3. The Morgan fingerprint density at radius 2 is 1.74 bits per heavy atom. The van der Waals surface area contributed by atoms with E-state index in [1.54, 1.807) is 18.2 Å². The van der Waals surface area contributed by atoms with Gasteiger partial charge in [0.25, 0.3) is 11.8 Å². The number of pyridine rings is 1. The number of nitrogens with zero attached hydrogens (tertiary/aromatic N) is 3. The number of hydrogen-bond acceptors (Lipinski definition) is 4. The van der Waals surface area contributed by atoms with Crippen molar-refractivity contribution in [3.8, 4) is 0 Å². The van der Waals surface area contributed by atoms with Gasteiger partial charge in [-0.3, -0.25) is 14.6 Å². The number of piperazine rings is 1. The van der Waals surface area contributed by atoms with Crippen molar-refractivity contribution < 1.29 is 9.59 Å². The summed E-state index contributed by atoms with van der Waals surface area (Å²) in [6, 6.07) is 8.89. The maximum absolute atomic E-state index is 12.7. The second kappa shape index (κ2) is 8.97. The predicted octanol–water partition coefficient (Wildman–Crippen LogP) is 2.44. The van der Waals surface area contributed by atoms with Crippen molar-refractivity contribution in [3.05, 3.63) is 64.4 Å². The lowest BCUT2D eigenvalue weighted by molar-refractivity contribution is 0.0643. The number of carbonyl (C=O) groups is 2. The van der Waals surface area contributed by atoms with Gasteiger partial charge in [0, 0.05) is 50.1 Å². The molecule has 2 aromatic rings. The molecule has 1 fully saturated rings. The van der Waals surface area contributed by atoms with Gasteiger partial charge < -0.3 is 15.1 Å². The summed E-state index contributed by atoms with van der Waals surface area (Å²) in [6.07, 6.45) is 2.99. The van der Waals surface area contributed by atoms with E-state index in [0.29, 0.717) is 35.8 Å². The van der Waals surface area contributed by atoms with Gasteiger partial charge in [-0.05, 0) is 30.3 Å². The van der Waals surface area contributed by atoms with Gasteiger partial charge in [0.05, 0.1) is 11.1 Å². The molecule has 1 aromatic heterocycles. The van der Waals surface area contributed by atoms with Crippen LogP contribution in [-0.4, -0.2) is 59.3 Å². The first-order valence-corrected chi connectivity index (χ1v) is 9.44. The average Bonchev–Trinajstić information content (AvgIpc) is 2.72. The molecule has 0 spiro atoms. The molecule has 2 heterocycles. The third kappa shape index (κ3) is 5.05. The van der Waals surface area contributed by atoms with Crippen molar-refractivity contribution >= 4 is 23.4 Å². The lowest BCUT2D eigenvalue weighted by atomic mass is 10.1. The molecule has 2 amide bonds. The Labute approximate surface area is 164 Å². The molecule has 1 aromatic carbocycles. The Hall–Kier alpha value is -2.44. The second-order valence-electron chi connectivity index (χ2n) is 6.50. The van der Waals surface area contributed by atoms with E-state index >= 15 is 0 Å². The molecule has 3 rings (SSSR count). The maximum Gasteiger partial charge on any atom is 0.255 e. The molecule has 1 saturated heterocycles. The highest BCUT2D eigenvalue weighted by atomic mass is 35.5. The molecular weight excluding hydrogens is 364 g/mol. The maximum atomic E-state index is 12.7. The third-order valence-electron chi connectivity index (χ3n) is 4.72. The summed E-state index contributed by atoms with van der Waals surface area (Å²) in [4.78, 5) is 33.3. The largest absolute Gasteiger partial charge is 0.348 e. The molecule has 0 saturated carbocycles. The highest BCUT2D eigenvalue weighted by Crippen LogP contribution is 2.11. The average molecular weight is 387 g/mol. The minimum absolute atomic E-state index is 0.0781. The molecule has 7 heteroatoms. The molecule has 1 aliphatic heterocycles. The highest BCUT2D eigenvalue weighted by molar-refractivity contribution is 6.30. The van der Waals surface area contributed by atoms with E-state index in [1.807, 2.05) is 17.0 Å². The van der Waals surface area contributed by atoms with Gasteiger partial charge in [-0.15, -0.1) is 0 Å². The molecule has 27 heavy (non-hydrogen) atoms. The Balaban J connectivity index is 1.61. The number of likely N-dealkylation sites (N-methyl/N-ethyl adjacent to an activating group) is 1. The number of hydrogen-bond donors (Lipinski definition) is 1. The summed E-state index contributed by atoms with van der Waals surface area (Å²) in [5, 5.41) is 3.49. The van der Waals surface area contributed by atoms with E-state index in [0.717, 1.165) is 25.2 Å². The fourth-order valence-corrected chi connectivity index (χ4v) is 3.14. The number of benzene rings is 1. The highest BCUT2D eigenvalue weighted by Gasteiger charge is 2.22. The number of nitrogens with one attached hydrogen (secondary N) is 1. The quantitative estimate of drug-likeness (QED) is 0.857. The van der Waals surface area contributed by atoms with Crippen molar-refractivity contribution in [2.24, 2.45) is 0 Å². The normalized spacial score (nSPS) is 14.8. The van der Waals surface area contributed by atoms with Crippen LogP contribution in [0.25, 0.3) is 0 Å². The number of carbonyl (C=O) groups excluding carboxylic acids is 2. The Morgan fingerprint density at radius 1 is 1.07 bits per heavy atom. The van der Waals surface area contributed by atoms with E-state index in [9.17, 15) is 9.59 Å². The molecule has 6 nitrogen and oxygen atoms in total. The van der Waals surface area contributed by atoms with Gasteiger partial charge in [0.1, 0.15) is 0 Å². The van der Waals surface area contributed by atoms with Crippen LogP contribution in [0.4, 0.5) is 0 Å². The third-order valence-corrected chi connectivity index (χ3v) is 4.97. The molecule has 0 atom stereocenters. The van der Waals surface area contributed by atoms with Crippen LogP contribution in [0.2, 0.25) is 5.02 Å². The summed E-state index contributed by atoms with van der Waals surface area (Å²) in [6.45, 7) is 6.63. The summed E-state index contributed by atoms with van der Waals surface area (Å²) in [5.74, 6) is -0.339. The molecule has 1 aliphatic rings. The Bertz CT molecular complexity index is 802. The number of aromatic nitrogens is 1. The van der Waals surface area contributed by atoms with E-state index in [-0.39, 0.29) is 11.8 Å². The fraction of sp³-hybridized carbons (Fsp3) is 0.350. The Morgan fingerprint density at radius 3 is 2.41 bits per heavy atom. The van der Waals surface area contributed by atoms with Crippen molar-refractivity contribution in [1.29, 1.82) is 0 Å². The van der Waals surface area contributed by atoms with E-state index < -0.39 is 0 Å². The first-order valence-electron chi connectivity index (χ1n) is 9.06. The number of rotatable bonds is 5. The summed E-state index contributed by atoms with van der Waals surface area (Å²) < 4.78 is 0. The molecular formula is C20H23ClN4O2. The lowest BCUT2D eigenvalue weighted by Gasteiger charge is -2.34. The zero-order chi connectivity index (χ0) is 19.2. The predicted molar refractivity (Wildman–Crippen MR) is 105 cm³/mol. The van der Waals surface area contributed by atoms with Crippen molar-refractivity contribution in [1.82, 2.24) is 20.1 Å². The van der Waals surface area contributed by atoms with Gasteiger partial charge in [-0.1, -0.05) is 30.7 Å². The number of halogens is 1. The molecule has 0 bridgehead atoms. The lowest BCUT2D eigenvalue weighted by Crippen LogP contribution is -2.48. The van der Waals surface area contributed by atoms with Crippen molar-refractivity contribution in [2.75, 3.05) is 32.7 Å². The van der Waals surface area contributed by atoms with Crippen molar-refractivity contribution in [3.63, 3.8) is 0 Å². The smallest absolute Gasteiger partial charge is 0.255 e. The first kappa shape index (κ1) is 19.3.